The highest BCUT2D eigenvalue weighted by Gasteiger charge is 2.41. The molecule has 2 heteroatoms. The first-order valence-electron chi connectivity index (χ1n) is 4.07. The molecule has 1 rings (SSSR count). The first-order chi connectivity index (χ1) is 4.83. The second-order valence-electron chi connectivity index (χ2n) is 3.14. The largest absolute Gasteiger partial charge is 0.383 e. The van der Waals surface area contributed by atoms with Crippen LogP contribution in [-0.2, 0) is 4.74 Å². The molecule has 0 heterocycles. The van der Waals surface area contributed by atoms with E-state index >= 15 is 0 Å². The van der Waals surface area contributed by atoms with Crippen molar-refractivity contribution in [3.8, 4) is 0 Å². The Morgan fingerprint density at radius 1 is 1.50 bits per heavy atom. The number of rotatable bonds is 5. The van der Waals surface area contributed by atoms with Gasteiger partial charge in [-0.1, -0.05) is 6.92 Å². The smallest absolute Gasteiger partial charge is 0.0644 e. The Balaban J connectivity index is 2.11. The maximum absolute atomic E-state index is 5.10. The van der Waals surface area contributed by atoms with Crippen LogP contribution in [0.15, 0.2) is 0 Å². The van der Waals surface area contributed by atoms with Gasteiger partial charge in [-0.15, -0.1) is 0 Å². The van der Waals surface area contributed by atoms with Crippen LogP contribution < -0.4 is 5.32 Å². The second kappa shape index (κ2) is 3.35. The first kappa shape index (κ1) is 8.02. The predicted molar refractivity (Wildman–Crippen MR) is 42.1 cm³/mol. The molecule has 1 saturated carbocycles. The first-order valence-corrected chi connectivity index (χ1v) is 4.07. The van der Waals surface area contributed by atoms with Crippen LogP contribution in [0.25, 0.3) is 0 Å². The van der Waals surface area contributed by atoms with Gasteiger partial charge in [-0.3, -0.25) is 0 Å². The lowest BCUT2D eigenvalue weighted by atomic mass is 10.3. The van der Waals surface area contributed by atoms with E-state index in [1.54, 1.807) is 7.11 Å². The van der Waals surface area contributed by atoms with Crippen molar-refractivity contribution in [2.24, 2.45) is 0 Å². The lowest BCUT2D eigenvalue weighted by Gasteiger charge is -2.14. The number of nitrogens with one attached hydrogen (secondary N) is 1. The minimum absolute atomic E-state index is 0.380. The van der Waals surface area contributed by atoms with Gasteiger partial charge in [0.2, 0.25) is 0 Å². The summed E-state index contributed by atoms with van der Waals surface area (Å²) in [7, 11) is 1.77. The van der Waals surface area contributed by atoms with Crippen molar-refractivity contribution in [2.75, 3.05) is 20.3 Å². The van der Waals surface area contributed by atoms with E-state index in [1.807, 2.05) is 0 Å². The summed E-state index contributed by atoms with van der Waals surface area (Å²) in [6, 6.07) is 0. The molecule has 1 fully saturated rings. The maximum atomic E-state index is 5.10. The number of hydrogen-bond donors (Lipinski definition) is 1. The Morgan fingerprint density at radius 3 is 2.60 bits per heavy atom. The van der Waals surface area contributed by atoms with E-state index in [1.165, 1.54) is 19.3 Å². The van der Waals surface area contributed by atoms with Crippen molar-refractivity contribution >= 4 is 0 Å². The summed E-state index contributed by atoms with van der Waals surface area (Å²) in [4.78, 5) is 0. The highest BCUT2D eigenvalue weighted by atomic mass is 16.5. The molecule has 0 aromatic rings. The monoisotopic (exact) mass is 143 g/mol. The Morgan fingerprint density at radius 2 is 2.20 bits per heavy atom. The number of hydrogen-bond acceptors (Lipinski definition) is 2. The lowest BCUT2D eigenvalue weighted by Crippen LogP contribution is -2.35. The van der Waals surface area contributed by atoms with Crippen molar-refractivity contribution < 1.29 is 4.74 Å². The number of ether oxygens (including phenoxy) is 1. The van der Waals surface area contributed by atoms with Gasteiger partial charge in [0.15, 0.2) is 0 Å². The normalized spacial score (nSPS) is 21.0. The highest BCUT2D eigenvalue weighted by Crippen LogP contribution is 2.35. The third-order valence-corrected chi connectivity index (χ3v) is 2.02. The molecule has 0 radical (unpaired) electrons. The van der Waals surface area contributed by atoms with Crippen molar-refractivity contribution in [1.29, 1.82) is 0 Å². The van der Waals surface area contributed by atoms with Gasteiger partial charge in [0.05, 0.1) is 6.61 Å². The molecule has 1 aliphatic carbocycles. The summed E-state index contributed by atoms with van der Waals surface area (Å²) in [6.07, 6.45) is 3.80. The summed E-state index contributed by atoms with van der Waals surface area (Å²) in [5.41, 5.74) is 0.380. The van der Waals surface area contributed by atoms with Gasteiger partial charge in [-0.25, -0.2) is 0 Å². The topological polar surface area (TPSA) is 21.3 Å². The Kier molecular flexibility index (Phi) is 2.69. The van der Waals surface area contributed by atoms with E-state index in [4.69, 9.17) is 4.74 Å². The standard InChI is InChI=1S/C8H17NO/c1-3-6-9-8(4-5-8)7-10-2/h9H,3-7H2,1-2H3. The van der Waals surface area contributed by atoms with Crippen molar-refractivity contribution in [3.05, 3.63) is 0 Å². The minimum Gasteiger partial charge on any atom is -0.383 e. The molecule has 0 saturated heterocycles. The predicted octanol–water partition coefficient (Wildman–Crippen LogP) is 1.16. The molecular weight excluding hydrogens is 126 g/mol. The van der Waals surface area contributed by atoms with E-state index in [2.05, 4.69) is 12.2 Å². The van der Waals surface area contributed by atoms with E-state index in [-0.39, 0.29) is 0 Å². The molecule has 0 aromatic carbocycles. The van der Waals surface area contributed by atoms with E-state index in [0.29, 0.717) is 5.54 Å². The third-order valence-electron chi connectivity index (χ3n) is 2.02. The van der Waals surface area contributed by atoms with Gasteiger partial charge in [0, 0.05) is 12.6 Å². The average Bonchev–Trinajstić information content (AvgIpc) is 2.67. The van der Waals surface area contributed by atoms with Gasteiger partial charge in [-0.2, -0.15) is 0 Å². The van der Waals surface area contributed by atoms with E-state index in [9.17, 15) is 0 Å². The fourth-order valence-electron chi connectivity index (χ4n) is 1.19. The third kappa shape index (κ3) is 1.96. The summed E-state index contributed by atoms with van der Waals surface area (Å²) in [6.45, 7) is 4.20. The summed E-state index contributed by atoms with van der Waals surface area (Å²) >= 11 is 0. The second-order valence-corrected chi connectivity index (χ2v) is 3.14. The molecule has 60 valence electrons. The maximum Gasteiger partial charge on any atom is 0.0644 e. The molecule has 1 aliphatic rings. The van der Waals surface area contributed by atoms with E-state index in [0.717, 1.165) is 13.2 Å². The van der Waals surface area contributed by atoms with Gasteiger partial charge >= 0.3 is 0 Å². The quantitative estimate of drug-likeness (QED) is 0.623. The fraction of sp³-hybridized carbons (Fsp3) is 1.00. The molecule has 0 amide bonds. The summed E-state index contributed by atoms with van der Waals surface area (Å²) in [5, 5.41) is 3.50. The van der Waals surface area contributed by atoms with Crippen molar-refractivity contribution in [1.82, 2.24) is 5.32 Å². The molecule has 0 unspecified atom stereocenters. The zero-order chi connectivity index (χ0) is 7.45. The zero-order valence-corrected chi connectivity index (χ0v) is 6.94. The van der Waals surface area contributed by atoms with Crippen molar-refractivity contribution in [2.45, 2.75) is 31.7 Å². The van der Waals surface area contributed by atoms with Crippen LogP contribution in [-0.4, -0.2) is 25.8 Å². The Labute approximate surface area is 63.0 Å². The molecule has 1 N–H and O–H groups in total. The van der Waals surface area contributed by atoms with Gasteiger partial charge in [0.25, 0.3) is 0 Å². The minimum atomic E-state index is 0.380. The molecule has 0 spiro atoms. The molecule has 0 bridgehead atoms. The number of methoxy groups -OCH3 is 1. The van der Waals surface area contributed by atoms with Crippen LogP contribution in [0.2, 0.25) is 0 Å². The van der Waals surface area contributed by atoms with Crippen LogP contribution in [0.4, 0.5) is 0 Å². The van der Waals surface area contributed by atoms with Crippen LogP contribution in [0, 0.1) is 0 Å². The van der Waals surface area contributed by atoms with Crippen molar-refractivity contribution in [3.63, 3.8) is 0 Å². The Bertz CT molecular complexity index is 99.4. The molecular formula is C8H17NO. The lowest BCUT2D eigenvalue weighted by molar-refractivity contribution is 0.157. The van der Waals surface area contributed by atoms with E-state index < -0.39 is 0 Å². The average molecular weight is 143 g/mol. The van der Waals surface area contributed by atoms with Crippen LogP contribution >= 0.6 is 0 Å². The SMILES string of the molecule is CCCNC1(COC)CC1. The summed E-state index contributed by atoms with van der Waals surface area (Å²) in [5.74, 6) is 0. The highest BCUT2D eigenvalue weighted by molar-refractivity contribution is 5.01. The molecule has 0 aromatic heterocycles. The molecule has 10 heavy (non-hydrogen) atoms. The van der Waals surface area contributed by atoms with Gasteiger partial charge in [-0.05, 0) is 25.8 Å². The van der Waals surface area contributed by atoms with Crippen LogP contribution in [0.3, 0.4) is 0 Å². The Hall–Kier alpha value is -0.0800. The summed E-state index contributed by atoms with van der Waals surface area (Å²) < 4.78 is 5.10. The van der Waals surface area contributed by atoms with Crippen LogP contribution in [0.1, 0.15) is 26.2 Å². The van der Waals surface area contributed by atoms with Crippen LogP contribution in [0.5, 0.6) is 0 Å². The molecule has 0 aliphatic heterocycles. The molecule has 0 atom stereocenters. The fourth-order valence-corrected chi connectivity index (χ4v) is 1.19. The zero-order valence-electron chi connectivity index (χ0n) is 6.94. The molecule has 2 nitrogen and oxygen atoms in total. The van der Waals surface area contributed by atoms with Gasteiger partial charge in [0.1, 0.15) is 0 Å². The van der Waals surface area contributed by atoms with Gasteiger partial charge < -0.3 is 10.1 Å².